The lowest BCUT2D eigenvalue weighted by Gasteiger charge is -2.01. The average molecular weight is 197 g/mol. The monoisotopic (exact) mass is 197 g/mol. The van der Waals surface area contributed by atoms with Gasteiger partial charge in [-0.15, -0.1) is 0 Å². The highest BCUT2D eigenvalue weighted by atomic mass is 16.5. The number of aromatic carboxylic acids is 1. The number of oxazole rings is 1. The van der Waals surface area contributed by atoms with E-state index in [1.807, 2.05) is 0 Å². The highest BCUT2D eigenvalue weighted by Crippen LogP contribution is 2.17. The molecular weight excluding hydrogens is 186 g/mol. The third-order valence-electron chi connectivity index (χ3n) is 2.26. The Balaban J connectivity index is 1.98. The maximum atomic E-state index is 10.5. The molecule has 1 aromatic heterocycles. The highest BCUT2D eigenvalue weighted by molar-refractivity contribution is 5.84. The minimum Gasteiger partial charge on any atom is -0.476 e. The molecule has 1 aliphatic rings. The van der Waals surface area contributed by atoms with E-state index >= 15 is 0 Å². The zero-order valence-electron chi connectivity index (χ0n) is 7.60. The van der Waals surface area contributed by atoms with Gasteiger partial charge >= 0.3 is 5.97 Å². The van der Waals surface area contributed by atoms with Crippen LogP contribution in [0.3, 0.4) is 0 Å². The second-order valence-corrected chi connectivity index (χ2v) is 3.37. The molecule has 14 heavy (non-hydrogen) atoms. The molecule has 0 aromatic carbocycles. The van der Waals surface area contributed by atoms with Gasteiger partial charge in [-0.1, -0.05) is 0 Å². The molecule has 0 radical (unpaired) electrons. The maximum absolute atomic E-state index is 10.5. The van der Waals surface area contributed by atoms with E-state index < -0.39 is 5.97 Å². The Morgan fingerprint density at radius 2 is 2.57 bits per heavy atom. The summed E-state index contributed by atoms with van der Waals surface area (Å²) in [6.45, 7) is 1.49. The first-order valence-electron chi connectivity index (χ1n) is 4.51. The molecule has 1 aromatic rings. The summed E-state index contributed by atoms with van der Waals surface area (Å²) in [6.07, 6.45) is 2.82. The second-order valence-electron chi connectivity index (χ2n) is 3.37. The molecule has 1 unspecified atom stereocenters. The van der Waals surface area contributed by atoms with Gasteiger partial charge in [0.2, 0.25) is 0 Å². The fraction of sp³-hybridized carbons (Fsp3) is 0.556. The van der Waals surface area contributed by atoms with Crippen molar-refractivity contribution in [3.05, 3.63) is 17.8 Å². The zero-order chi connectivity index (χ0) is 9.97. The molecule has 0 saturated carbocycles. The molecule has 5 heteroatoms. The summed E-state index contributed by atoms with van der Waals surface area (Å²) in [5.41, 5.74) is -0.0288. The first-order chi connectivity index (χ1) is 6.75. The molecule has 0 aliphatic carbocycles. The molecule has 0 bridgehead atoms. The summed E-state index contributed by atoms with van der Waals surface area (Å²) in [7, 11) is 0. The van der Waals surface area contributed by atoms with E-state index in [1.54, 1.807) is 0 Å². The van der Waals surface area contributed by atoms with Crippen molar-refractivity contribution >= 4 is 5.97 Å². The van der Waals surface area contributed by atoms with Gasteiger partial charge in [-0.05, 0) is 12.3 Å². The van der Waals surface area contributed by atoms with E-state index in [4.69, 9.17) is 14.3 Å². The lowest BCUT2D eigenvalue weighted by Crippen LogP contribution is -2.04. The van der Waals surface area contributed by atoms with Crippen molar-refractivity contribution < 1.29 is 19.1 Å². The van der Waals surface area contributed by atoms with E-state index in [1.165, 1.54) is 6.26 Å². The Labute approximate surface area is 80.7 Å². The van der Waals surface area contributed by atoms with Crippen molar-refractivity contribution in [2.45, 2.75) is 12.8 Å². The van der Waals surface area contributed by atoms with Gasteiger partial charge < -0.3 is 14.3 Å². The smallest absolute Gasteiger partial charge is 0.357 e. The molecule has 0 amide bonds. The average Bonchev–Trinajstić information content (AvgIpc) is 2.75. The molecule has 2 heterocycles. The van der Waals surface area contributed by atoms with E-state index in [-0.39, 0.29) is 5.69 Å². The summed E-state index contributed by atoms with van der Waals surface area (Å²) in [6, 6.07) is 0. The van der Waals surface area contributed by atoms with Crippen LogP contribution in [0.15, 0.2) is 10.7 Å². The third-order valence-corrected chi connectivity index (χ3v) is 2.26. The third kappa shape index (κ3) is 1.93. The number of rotatable bonds is 3. The van der Waals surface area contributed by atoms with Gasteiger partial charge in [-0.2, -0.15) is 0 Å². The SMILES string of the molecule is O=C(O)c1coc(CC2CCOC2)n1. The van der Waals surface area contributed by atoms with Gasteiger partial charge in [0, 0.05) is 19.6 Å². The minimum absolute atomic E-state index is 0.0288. The minimum atomic E-state index is -1.05. The normalized spacial score (nSPS) is 21.3. The topological polar surface area (TPSA) is 72.6 Å². The Hall–Kier alpha value is -1.36. The van der Waals surface area contributed by atoms with Crippen LogP contribution < -0.4 is 0 Å². The van der Waals surface area contributed by atoms with Crippen molar-refractivity contribution in [3.8, 4) is 0 Å². The van der Waals surface area contributed by atoms with E-state index in [0.717, 1.165) is 13.0 Å². The summed E-state index contributed by atoms with van der Waals surface area (Å²) in [5, 5.41) is 8.61. The van der Waals surface area contributed by atoms with Crippen LogP contribution in [-0.2, 0) is 11.2 Å². The molecule has 2 rings (SSSR count). The zero-order valence-corrected chi connectivity index (χ0v) is 7.60. The molecule has 0 spiro atoms. The lowest BCUT2D eigenvalue weighted by atomic mass is 10.1. The maximum Gasteiger partial charge on any atom is 0.357 e. The molecule has 5 nitrogen and oxygen atoms in total. The summed E-state index contributed by atoms with van der Waals surface area (Å²) < 4.78 is 10.2. The predicted molar refractivity (Wildman–Crippen MR) is 46.1 cm³/mol. The number of hydrogen-bond donors (Lipinski definition) is 1. The van der Waals surface area contributed by atoms with Crippen LogP contribution in [0.1, 0.15) is 22.8 Å². The van der Waals surface area contributed by atoms with Crippen molar-refractivity contribution in [2.24, 2.45) is 5.92 Å². The van der Waals surface area contributed by atoms with Crippen molar-refractivity contribution in [1.82, 2.24) is 4.98 Å². The Bertz CT molecular complexity index is 327. The highest BCUT2D eigenvalue weighted by Gasteiger charge is 2.19. The van der Waals surface area contributed by atoms with Gasteiger partial charge in [0.25, 0.3) is 0 Å². The predicted octanol–water partition coefficient (Wildman–Crippen LogP) is 0.952. The molecule has 1 aliphatic heterocycles. The largest absolute Gasteiger partial charge is 0.476 e. The first kappa shape index (κ1) is 9.21. The summed E-state index contributed by atoms with van der Waals surface area (Å²) in [4.78, 5) is 14.4. The number of ether oxygens (including phenoxy) is 1. The van der Waals surface area contributed by atoms with Crippen molar-refractivity contribution in [2.75, 3.05) is 13.2 Å². The van der Waals surface area contributed by atoms with Crippen LogP contribution in [0.2, 0.25) is 0 Å². The Morgan fingerprint density at radius 3 is 3.14 bits per heavy atom. The standard InChI is InChI=1S/C9H11NO4/c11-9(12)7-5-14-8(10-7)3-6-1-2-13-4-6/h5-6H,1-4H2,(H,11,12). The fourth-order valence-corrected chi connectivity index (χ4v) is 1.49. The molecule has 1 atom stereocenters. The lowest BCUT2D eigenvalue weighted by molar-refractivity contribution is 0.0690. The fourth-order valence-electron chi connectivity index (χ4n) is 1.49. The molecule has 76 valence electrons. The number of carbonyl (C=O) groups is 1. The first-order valence-corrected chi connectivity index (χ1v) is 4.51. The summed E-state index contributed by atoms with van der Waals surface area (Å²) >= 11 is 0. The quantitative estimate of drug-likeness (QED) is 0.781. The second kappa shape index (κ2) is 3.79. The number of carboxylic acid groups (broad SMARTS) is 1. The van der Waals surface area contributed by atoms with E-state index in [9.17, 15) is 4.79 Å². The van der Waals surface area contributed by atoms with E-state index in [0.29, 0.717) is 24.8 Å². The van der Waals surface area contributed by atoms with Crippen LogP contribution in [0, 0.1) is 5.92 Å². The van der Waals surface area contributed by atoms with Crippen LogP contribution in [-0.4, -0.2) is 29.3 Å². The van der Waals surface area contributed by atoms with Gasteiger partial charge in [0.15, 0.2) is 11.6 Å². The van der Waals surface area contributed by atoms with E-state index in [2.05, 4.69) is 4.98 Å². The van der Waals surface area contributed by atoms with Gasteiger partial charge in [-0.25, -0.2) is 9.78 Å². The van der Waals surface area contributed by atoms with Gasteiger partial charge in [0.1, 0.15) is 6.26 Å². The number of nitrogens with zero attached hydrogens (tertiary/aromatic N) is 1. The van der Waals surface area contributed by atoms with Crippen LogP contribution in [0.25, 0.3) is 0 Å². The molecular formula is C9H11NO4. The number of carboxylic acids is 1. The van der Waals surface area contributed by atoms with Crippen LogP contribution in [0.5, 0.6) is 0 Å². The van der Waals surface area contributed by atoms with Gasteiger partial charge in [0.05, 0.1) is 0 Å². The number of hydrogen-bond acceptors (Lipinski definition) is 4. The summed E-state index contributed by atoms with van der Waals surface area (Å²) in [5.74, 6) is -0.157. The van der Waals surface area contributed by atoms with Crippen LogP contribution >= 0.6 is 0 Å². The molecule has 1 fully saturated rings. The molecule has 1 saturated heterocycles. The van der Waals surface area contributed by atoms with Crippen LogP contribution in [0.4, 0.5) is 0 Å². The Kier molecular flexibility index (Phi) is 2.49. The van der Waals surface area contributed by atoms with Gasteiger partial charge in [-0.3, -0.25) is 0 Å². The molecule has 1 N–H and O–H groups in total. The Morgan fingerprint density at radius 1 is 1.71 bits per heavy atom. The van der Waals surface area contributed by atoms with Crippen molar-refractivity contribution in [3.63, 3.8) is 0 Å². The number of aromatic nitrogens is 1. The van der Waals surface area contributed by atoms with Crippen molar-refractivity contribution in [1.29, 1.82) is 0 Å².